The van der Waals surface area contributed by atoms with E-state index in [1.54, 1.807) is 0 Å². The highest BCUT2D eigenvalue weighted by molar-refractivity contribution is 5.78. The summed E-state index contributed by atoms with van der Waals surface area (Å²) in [4.78, 5) is 12.2. The Labute approximate surface area is 118 Å². The quantitative estimate of drug-likeness (QED) is 0.885. The van der Waals surface area contributed by atoms with Crippen molar-refractivity contribution in [2.24, 2.45) is 0 Å². The van der Waals surface area contributed by atoms with Crippen molar-refractivity contribution in [1.82, 2.24) is 5.32 Å². The molecule has 4 unspecified atom stereocenters. The number of carbonyl (C=O) groups is 1. The van der Waals surface area contributed by atoms with Gasteiger partial charge in [0.05, 0.1) is 18.2 Å². The molecule has 2 N–H and O–H groups in total. The summed E-state index contributed by atoms with van der Waals surface area (Å²) in [6.07, 6.45) is 4.48. The SMILES string of the molecule is O=C(CC1CNc2ccccc21)NC1CC2CCC1O2. The van der Waals surface area contributed by atoms with Gasteiger partial charge >= 0.3 is 0 Å². The first-order valence-electron chi connectivity index (χ1n) is 7.57. The van der Waals surface area contributed by atoms with Gasteiger partial charge in [-0.05, 0) is 30.9 Å². The molecule has 0 radical (unpaired) electrons. The van der Waals surface area contributed by atoms with E-state index in [1.165, 1.54) is 11.3 Å². The van der Waals surface area contributed by atoms with Crippen molar-refractivity contribution >= 4 is 11.6 Å². The van der Waals surface area contributed by atoms with Crippen LogP contribution in [0, 0.1) is 0 Å². The molecule has 4 atom stereocenters. The lowest BCUT2D eigenvalue weighted by Crippen LogP contribution is -2.41. The van der Waals surface area contributed by atoms with Crippen molar-refractivity contribution in [2.75, 3.05) is 11.9 Å². The Morgan fingerprint density at radius 3 is 3.05 bits per heavy atom. The van der Waals surface area contributed by atoms with Gasteiger partial charge in [-0.25, -0.2) is 0 Å². The third-order valence-electron chi connectivity index (χ3n) is 4.82. The summed E-state index contributed by atoms with van der Waals surface area (Å²) >= 11 is 0. The molecule has 1 aromatic carbocycles. The van der Waals surface area contributed by atoms with Crippen LogP contribution in [0.4, 0.5) is 5.69 Å². The van der Waals surface area contributed by atoms with Crippen LogP contribution in [0.5, 0.6) is 0 Å². The maximum absolute atomic E-state index is 12.2. The Morgan fingerprint density at radius 1 is 1.35 bits per heavy atom. The molecule has 106 valence electrons. The Morgan fingerprint density at radius 2 is 2.25 bits per heavy atom. The van der Waals surface area contributed by atoms with E-state index in [0.717, 1.165) is 25.8 Å². The smallest absolute Gasteiger partial charge is 0.220 e. The number of fused-ring (bicyclic) bond motifs is 3. The summed E-state index contributed by atoms with van der Waals surface area (Å²) in [7, 11) is 0. The number of hydrogen-bond acceptors (Lipinski definition) is 3. The number of amides is 1. The number of anilines is 1. The molecule has 4 nitrogen and oxygen atoms in total. The summed E-state index contributed by atoms with van der Waals surface area (Å²) in [6.45, 7) is 0.861. The lowest BCUT2D eigenvalue weighted by atomic mass is 9.94. The fourth-order valence-corrected chi connectivity index (χ4v) is 3.82. The van der Waals surface area contributed by atoms with Crippen molar-refractivity contribution < 1.29 is 9.53 Å². The van der Waals surface area contributed by atoms with Crippen LogP contribution in [0.15, 0.2) is 24.3 Å². The maximum Gasteiger partial charge on any atom is 0.220 e. The lowest BCUT2D eigenvalue weighted by Gasteiger charge is -2.21. The summed E-state index contributed by atoms with van der Waals surface area (Å²) in [5, 5.41) is 6.55. The minimum atomic E-state index is 0.162. The fraction of sp³-hybridized carbons (Fsp3) is 0.562. The molecule has 3 heterocycles. The molecule has 1 aromatic rings. The molecule has 2 fully saturated rings. The zero-order chi connectivity index (χ0) is 13.5. The van der Waals surface area contributed by atoms with E-state index in [9.17, 15) is 4.79 Å². The van der Waals surface area contributed by atoms with Gasteiger partial charge < -0.3 is 15.4 Å². The summed E-state index contributed by atoms with van der Waals surface area (Å²) in [5.74, 6) is 0.459. The Hall–Kier alpha value is -1.55. The monoisotopic (exact) mass is 272 g/mol. The van der Waals surface area contributed by atoms with Gasteiger partial charge in [-0.3, -0.25) is 4.79 Å². The highest BCUT2D eigenvalue weighted by Gasteiger charge is 2.41. The molecule has 0 saturated carbocycles. The molecule has 0 aromatic heterocycles. The Kier molecular flexibility index (Phi) is 2.91. The van der Waals surface area contributed by atoms with Gasteiger partial charge in [-0.1, -0.05) is 18.2 Å². The molecule has 0 aliphatic carbocycles. The van der Waals surface area contributed by atoms with Gasteiger partial charge in [0.2, 0.25) is 5.91 Å². The zero-order valence-corrected chi connectivity index (χ0v) is 11.5. The zero-order valence-electron chi connectivity index (χ0n) is 11.5. The van der Waals surface area contributed by atoms with E-state index in [-0.39, 0.29) is 18.1 Å². The van der Waals surface area contributed by atoms with Crippen molar-refractivity contribution in [3.63, 3.8) is 0 Å². The van der Waals surface area contributed by atoms with Crippen LogP contribution in [-0.4, -0.2) is 30.7 Å². The molecular weight excluding hydrogens is 252 g/mol. The number of benzene rings is 1. The van der Waals surface area contributed by atoms with Crippen molar-refractivity contribution in [3.8, 4) is 0 Å². The predicted molar refractivity (Wildman–Crippen MR) is 76.7 cm³/mol. The molecule has 4 heteroatoms. The second-order valence-electron chi connectivity index (χ2n) is 6.15. The van der Waals surface area contributed by atoms with Crippen LogP contribution in [-0.2, 0) is 9.53 Å². The maximum atomic E-state index is 12.2. The average molecular weight is 272 g/mol. The molecule has 0 spiro atoms. The first-order valence-corrected chi connectivity index (χ1v) is 7.57. The number of nitrogens with one attached hydrogen (secondary N) is 2. The summed E-state index contributed by atoms with van der Waals surface area (Å²) in [6, 6.07) is 8.51. The molecular formula is C16H20N2O2. The first kappa shape index (κ1) is 12.2. The lowest BCUT2D eigenvalue weighted by molar-refractivity contribution is -0.122. The van der Waals surface area contributed by atoms with E-state index in [4.69, 9.17) is 4.74 Å². The summed E-state index contributed by atoms with van der Waals surface area (Å²) in [5.41, 5.74) is 2.44. The van der Waals surface area contributed by atoms with Gasteiger partial charge in [-0.2, -0.15) is 0 Å². The van der Waals surface area contributed by atoms with Crippen molar-refractivity contribution in [1.29, 1.82) is 0 Å². The van der Waals surface area contributed by atoms with Crippen LogP contribution < -0.4 is 10.6 Å². The van der Waals surface area contributed by atoms with Crippen LogP contribution in [0.1, 0.15) is 37.2 Å². The predicted octanol–water partition coefficient (Wildman–Crippen LogP) is 2.02. The minimum Gasteiger partial charge on any atom is -0.384 e. The van der Waals surface area contributed by atoms with Crippen LogP contribution >= 0.6 is 0 Å². The first-order chi connectivity index (χ1) is 9.79. The van der Waals surface area contributed by atoms with Gasteiger partial charge in [0.25, 0.3) is 0 Å². The van der Waals surface area contributed by atoms with E-state index in [2.05, 4.69) is 22.8 Å². The third kappa shape index (κ3) is 2.08. The number of ether oxygens (including phenoxy) is 1. The summed E-state index contributed by atoms with van der Waals surface area (Å²) < 4.78 is 5.78. The highest BCUT2D eigenvalue weighted by atomic mass is 16.5. The minimum absolute atomic E-state index is 0.162. The second kappa shape index (κ2) is 4.77. The van der Waals surface area contributed by atoms with Crippen molar-refractivity contribution in [2.45, 2.75) is 49.9 Å². The third-order valence-corrected chi connectivity index (χ3v) is 4.82. The number of para-hydroxylation sites is 1. The largest absolute Gasteiger partial charge is 0.384 e. The van der Waals surface area contributed by atoms with Crippen LogP contribution in [0.25, 0.3) is 0 Å². The molecule has 20 heavy (non-hydrogen) atoms. The van der Waals surface area contributed by atoms with E-state index < -0.39 is 0 Å². The van der Waals surface area contributed by atoms with Crippen LogP contribution in [0.3, 0.4) is 0 Å². The molecule has 3 aliphatic rings. The standard InChI is InChI=1S/C16H20N2O2/c19-16(18-14-8-11-5-6-15(14)20-11)7-10-9-17-13-4-2-1-3-12(10)13/h1-4,10-11,14-15,17H,5-9H2,(H,18,19). The highest BCUT2D eigenvalue weighted by Crippen LogP contribution is 2.35. The number of carbonyl (C=O) groups excluding carboxylic acids is 1. The normalized spacial score (nSPS) is 33.8. The Balaban J connectivity index is 1.37. The molecule has 2 saturated heterocycles. The number of rotatable bonds is 3. The molecule has 1 amide bonds. The molecule has 4 rings (SSSR count). The number of hydrogen-bond donors (Lipinski definition) is 2. The van der Waals surface area contributed by atoms with Gasteiger partial charge in [0, 0.05) is 24.6 Å². The van der Waals surface area contributed by atoms with E-state index in [1.807, 2.05) is 12.1 Å². The van der Waals surface area contributed by atoms with E-state index in [0.29, 0.717) is 18.4 Å². The van der Waals surface area contributed by atoms with Crippen molar-refractivity contribution in [3.05, 3.63) is 29.8 Å². The van der Waals surface area contributed by atoms with Crippen LogP contribution in [0.2, 0.25) is 0 Å². The van der Waals surface area contributed by atoms with E-state index >= 15 is 0 Å². The topological polar surface area (TPSA) is 50.4 Å². The van der Waals surface area contributed by atoms with Gasteiger partial charge in [-0.15, -0.1) is 0 Å². The average Bonchev–Trinajstić information content (AvgIpc) is 3.14. The molecule has 3 aliphatic heterocycles. The van der Waals surface area contributed by atoms with Gasteiger partial charge in [0.1, 0.15) is 0 Å². The fourth-order valence-electron chi connectivity index (χ4n) is 3.82. The molecule has 2 bridgehead atoms. The van der Waals surface area contributed by atoms with Gasteiger partial charge in [0.15, 0.2) is 0 Å². The second-order valence-corrected chi connectivity index (χ2v) is 6.15. The Bertz CT molecular complexity index is 531.